The molecule has 0 heterocycles. The number of phenols is 1. The highest BCUT2D eigenvalue weighted by Gasteiger charge is 2.00. The van der Waals surface area contributed by atoms with Gasteiger partial charge < -0.3 is 5.11 Å². The molecule has 0 amide bonds. The molecule has 0 unspecified atom stereocenters. The Labute approximate surface area is 90.9 Å². The number of phenolic OH excluding ortho intramolecular Hbond substituents is 1. The Morgan fingerprint density at radius 2 is 2.17 bits per heavy atom. The van der Waals surface area contributed by atoms with Crippen LogP contribution in [0.4, 0.5) is 0 Å². The van der Waals surface area contributed by atoms with E-state index in [-0.39, 0.29) is 0 Å². The zero-order valence-electron chi connectivity index (χ0n) is 6.56. The molecule has 1 nitrogen and oxygen atoms in total. The van der Waals surface area contributed by atoms with Crippen LogP contribution in [0.3, 0.4) is 0 Å². The first kappa shape index (κ1) is 10.1. The molecule has 0 bridgehead atoms. The van der Waals surface area contributed by atoms with Crippen LogP contribution in [0.15, 0.2) is 18.2 Å². The predicted octanol–water partition coefficient (Wildman–Crippen LogP) is 3.17. The van der Waals surface area contributed by atoms with Crippen LogP contribution in [-0.4, -0.2) is 11.0 Å². The van der Waals surface area contributed by atoms with Gasteiger partial charge in [0.1, 0.15) is 5.75 Å². The quantitative estimate of drug-likeness (QED) is 0.671. The van der Waals surface area contributed by atoms with Crippen molar-refractivity contribution in [1.82, 2.24) is 0 Å². The Morgan fingerprint density at radius 3 is 2.83 bits per heavy atom. The van der Waals surface area contributed by atoms with E-state index >= 15 is 0 Å². The molecule has 0 aliphatic heterocycles. The largest absolute Gasteiger partial charge is 0.508 e. The van der Waals surface area contributed by atoms with Crippen LogP contribution < -0.4 is 0 Å². The van der Waals surface area contributed by atoms with Gasteiger partial charge in [0.15, 0.2) is 0 Å². The lowest BCUT2D eigenvalue weighted by Crippen LogP contribution is -1.87. The van der Waals surface area contributed by atoms with E-state index in [4.69, 9.17) is 11.6 Å². The van der Waals surface area contributed by atoms with E-state index in [1.807, 2.05) is 12.1 Å². The molecule has 1 rings (SSSR count). The van der Waals surface area contributed by atoms with Crippen molar-refractivity contribution in [1.29, 1.82) is 0 Å². The van der Waals surface area contributed by atoms with Crippen molar-refractivity contribution in [3.63, 3.8) is 0 Å². The molecule has 0 aliphatic rings. The van der Waals surface area contributed by atoms with Gasteiger partial charge in [0.05, 0.1) is 0 Å². The van der Waals surface area contributed by atoms with Crippen molar-refractivity contribution in [3.8, 4) is 5.75 Å². The number of alkyl halides is 1. The lowest BCUT2D eigenvalue weighted by atomic mass is 10.1. The highest BCUT2D eigenvalue weighted by molar-refractivity contribution is 14.1. The molecule has 0 atom stereocenters. The van der Waals surface area contributed by atoms with Crippen LogP contribution in [0.1, 0.15) is 12.0 Å². The molecule has 66 valence electrons. The second kappa shape index (κ2) is 4.92. The number of hydrogen-bond donors (Lipinski definition) is 1. The van der Waals surface area contributed by atoms with Crippen LogP contribution in [0.5, 0.6) is 5.75 Å². The molecule has 12 heavy (non-hydrogen) atoms. The summed E-state index contributed by atoms with van der Waals surface area (Å²) in [5.41, 5.74) is 0.988. The molecule has 1 aromatic carbocycles. The Morgan fingerprint density at radius 1 is 1.42 bits per heavy atom. The molecule has 0 radical (unpaired) electrons. The zero-order valence-corrected chi connectivity index (χ0v) is 9.47. The number of hydrogen-bond acceptors (Lipinski definition) is 1. The van der Waals surface area contributed by atoms with E-state index in [1.54, 1.807) is 6.07 Å². The average Bonchev–Trinajstić information content (AvgIpc) is 2.07. The maximum absolute atomic E-state index is 9.42. The Kier molecular flexibility index (Phi) is 4.15. The molecule has 3 heteroatoms. The van der Waals surface area contributed by atoms with Crippen LogP contribution in [0.25, 0.3) is 0 Å². The first-order valence-electron chi connectivity index (χ1n) is 3.77. The maximum Gasteiger partial charge on any atom is 0.118 e. The Hall–Kier alpha value is 0.0400. The number of halogens is 2. The number of aromatic hydroxyl groups is 1. The van der Waals surface area contributed by atoms with Crippen LogP contribution in [0, 0.1) is 3.57 Å². The van der Waals surface area contributed by atoms with E-state index < -0.39 is 0 Å². The molecule has 0 aromatic heterocycles. The fraction of sp³-hybridized carbons (Fsp3) is 0.333. The van der Waals surface area contributed by atoms with Crippen molar-refractivity contribution >= 4 is 34.2 Å². The molecule has 1 aromatic rings. The van der Waals surface area contributed by atoms with Crippen molar-refractivity contribution in [2.24, 2.45) is 0 Å². The Bertz CT molecular complexity index is 263. The van der Waals surface area contributed by atoms with Gasteiger partial charge in [-0.1, -0.05) is 0 Å². The van der Waals surface area contributed by atoms with Crippen molar-refractivity contribution < 1.29 is 5.11 Å². The standard InChI is InChI=1S/C9H10ClIO/c10-5-1-2-7-6-8(11)3-4-9(7)12/h3-4,6,12H,1-2,5H2. The van der Waals surface area contributed by atoms with Gasteiger partial charge in [-0.2, -0.15) is 0 Å². The SMILES string of the molecule is Oc1ccc(I)cc1CCCCl. The first-order chi connectivity index (χ1) is 5.74. The number of aryl methyl sites for hydroxylation is 1. The fourth-order valence-electron chi connectivity index (χ4n) is 1.01. The second-order valence-corrected chi connectivity index (χ2v) is 4.19. The summed E-state index contributed by atoms with van der Waals surface area (Å²) >= 11 is 7.79. The average molecular weight is 297 g/mol. The van der Waals surface area contributed by atoms with Crippen LogP contribution >= 0.6 is 34.2 Å². The predicted molar refractivity (Wildman–Crippen MR) is 59.9 cm³/mol. The smallest absolute Gasteiger partial charge is 0.118 e. The molecule has 0 saturated carbocycles. The normalized spacial score (nSPS) is 10.2. The first-order valence-corrected chi connectivity index (χ1v) is 5.38. The third kappa shape index (κ3) is 2.83. The lowest BCUT2D eigenvalue weighted by molar-refractivity contribution is 0.467. The van der Waals surface area contributed by atoms with E-state index in [0.717, 1.165) is 22.0 Å². The minimum atomic E-state index is 0.375. The minimum Gasteiger partial charge on any atom is -0.508 e. The lowest BCUT2D eigenvalue weighted by Gasteiger charge is -2.03. The summed E-state index contributed by atoms with van der Waals surface area (Å²) in [6.07, 6.45) is 1.77. The second-order valence-electron chi connectivity index (χ2n) is 2.57. The summed E-state index contributed by atoms with van der Waals surface area (Å²) in [7, 11) is 0. The summed E-state index contributed by atoms with van der Waals surface area (Å²) in [4.78, 5) is 0. The van der Waals surface area contributed by atoms with Crippen molar-refractivity contribution in [3.05, 3.63) is 27.3 Å². The van der Waals surface area contributed by atoms with Gasteiger partial charge in [0.25, 0.3) is 0 Å². The van der Waals surface area contributed by atoms with Gasteiger partial charge in [0.2, 0.25) is 0 Å². The van der Waals surface area contributed by atoms with E-state index in [9.17, 15) is 5.11 Å². The molecule has 0 saturated heterocycles. The summed E-state index contributed by atoms with van der Waals surface area (Å²) in [6.45, 7) is 0. The molecule has 0 fully saturated rings. The summed E-state index contributed by atoms with van der Waals surface area (Å²) < 4.78 is 1.15. The van der Waals surface area contributed by atoms with E-state index in [2.05, 4.69) is 22.6 Å². The summed E-state index contributed by atoms with van der Waals surface area (Å²) in [5, 5.41) is 9.42. The van der Waals surface area contributed by atoms with Gasteiger partial charge in [-0.3, -0.25) is 0 Å². The molecule has 1 N–H and O–H groups in total. The van der Waals surface area contributed by atoms with Gasteiger partial charge in [-0.15, -0.1) is 11.6 Å². The zero-order chi connectivity index (χ0) is 8.97. The highest BCUT2D eigenvalue weighted by Crippen LogP contribution is 2.20. The highest BCUT2D eigenvalue weighted by atomic mass is 127. The van der Waals surface area contributed by atoms with Gasteiger partial charge in [-0.05, 0) is 59.2 Å². The van der Waals surface area contributed by atoms with Gasteiger partial charge in [0, 0.05) is 9.45 Å². The van der Waals surface area contributed by atoms with E-state index in [1.165, 1.54) is 0 Å². The monoisotopic (exact) mass is 296 g/mol. The Balaban J connectivity index is 2.75. The third-order valence-corrected chi connectivity index (χ3v) is 2.56. The molecule has 0 spiro atoms. The number of benzene rings is 1. The third-order valence-electron chi connectivity index (χ3n) is 1.62. The molecule has 0 aliphatic carbocycles. The molecular formula is C9H10ClIO. The molecular weight excluding hydrogens is 286 g/mol. The van der Waals surface area contributed by atoms with Gasteiger partial charge in [-0.25, -0.2) is 0 Å². The minimum absolute atomic E-state index is 0.375. The van der Waals surface area contributed by atoms with E-state index in [0.29, 0.717) is 11.6 Å². The van der Waals surface area contributed by atoms with Gasteiger partial charge >= 0.3 is 0 Å². The van der Waals surface area contributed by atoms with Crippen LogP contribution in [-0.2, 0) is 6.42 Å². The van der Waals surface area contributed by atoms with Crippen LogP contribution in [0.2, 0.25) is 0 Å². The fourth-order valence-corrected chi connectivity index (χ4v) is 1.70. The summed E-state index contributed by atoms with van der Waals surface area (Å²) in [6, 6.07) is 5.61. The summed E-state index contributed by atoms with van der Waals surface area (Å²) in [5.74, 6) is 1.02. The topological polar surface area (TPSA) is 20.2 Å². The van der Waals surface area contributed by atoms with Crippen molar-refractivity contribution in [2.75, 3.05) is 5.88 Å². The van der Waals surface area contributed by atoms with Crippen molar-refractivity contribution in [2.45, 2.75) is 12.8 Å². The number of rotatable bonds is 3. The maximum atomic E-state index is 9.42.